The second-order valence-corrected chi connectivity index (χ2v) is 3.81. The van der Waals surface area contributed by atoms with Gasteiger partial charge < -0.3 is 9.94 Å². The number of hydroxylamine groups is 2. The van der Waals surface area contributed by atoms with Crippen LogP contribution in [0.25, 0.3) is 5.69 Å². The Morgan fingerprint density at radius 1 is 1.39 bits per heavy atom. The first-order valence-electron chi connectivity index (χ1n) is 5.31. The molecule has 6 heteroatoms. The van der Waals surface area contributed by atoms with Crippen molar-refractivity contribution in [1.29, 1.82) is 0 Å². The van der Waals surface area contributed by atoms with Gasteiger partial charge in [0, 0.05) is 26.5 Å². The summed E-state index contributed by atoms with van der Waals surface area (Å²) in [5, 5.41) is 15.1. The number of hydrogen-bond acceptors (Lipinski definition) is 5. The van der Waals surface area contributed by atoms with E-state index in [9.17, 15) is 9.90 Å². The molecule has 0 saturated heterocycles. The van der Waals surface area contributed by atoms with Gasteiger partial charge in [-0.2, -0.15) is 5.10 Å². The van der Waals surface area contributed by atoms with Crippen molar-refractivity contribution in [3.63, 3.8) is 0 Å². The normalized spacial score (nSPS) is 10.6. The lowest BCUT2D eigenvalue weighted by molar-refractivity contribution is -0.0715. The summed E-state index contributed by atoms with van der Waals surface area (Å²) in [7, 11) is 3.18. The van der Waals surface area contributed by atoms with Gasteiger partial charge in [0.25, 0.3) is 0 Å². The summed E-state index contributed by atoms with van der Waals surface area (Å²) >= 11 is 0. The second-order valence-electron chi connectivity index (χ2n) is 3.81. The molecule has 0 spiro atoms. The topological polar surface area (TPSA) is 67.6 Å². The Morgan fingerprint density at radius 2 is 2.17 bits per heavy atom. The van der Waals surface area contributed by atoms with E-state index in [1.54, 1.807) is 44.7 Å². The first-order chi connectivity index (χ1) is 8.59. The van der Waals surface area contributed by atoms with E-state index in [1.165, 1.54) is 15.8 Å². The van der Waals surface area contributed by atoms with Crippen LogP contribution in [0.2, 0.25) is 0 Å². The summed E-state index contributed by atoms with van der Waals surface area (Å²) in [6, 6.07) is 6.47. The van der Waals surface area contributed by atoms with E-state index >= 15 is 0 Å². The van der Waals surface area contributed by atoms with Gasteiger partial charge in [-0.15, -0.1) is 5.06 Å². The monoisotopic (exact) mass is 247 g/mol. The zero-order valence-corrected chi connectivity index (χ0v) is 10.1. The Labute approximate surface area is 104 Å². The third kappa shape index (κ3) is 2.33. The summed E-state index contributed by atoms with van der Waals surface area (Å²) in [6.07, 6.45) is 3.27. The maximum atomic E-state index is 11.9. The van der Waals surface area contributed by atoms with Crippen LogP contribution < -0.4 is 0 Å². The lowest BCUT2D eigenvalue weighted by atomic mass is 10.1. The SMILES string of the molecule is CN(C)OC(=O)c1c(O)cccc1-n1cccn1. The van der Waals surface area contributed by atoms with Gasteiger partial charge in [-0.3, -0.25) is 0 Å². The predicted molar refractivity (Wildman–Crippen MR) is 64.3 cm³/mol. The van der Waals surface area contributed by atoms with E-state index in [0.29, 0.717) is 5.69 Å². The Hall–Kier alpha value is -2.34. The number of rotatable bonds is 3. The molecule has 0 amide bonds. The highest BCUT2D eigenvalue weighted by Crippen LogP contribution is 2.24. The van der Waals surface area contributed by atoms with E-state index in [1.807, 2.05) is 0 Å². The van der Waals surface area contributed by atoms with Crippen molar-refractivity contribution in [3.05, 3.63) is 42.2 Å². The van der Waals surface area contributed by atoms with Crippen molar-refractivity contribution < 1.29 is 14.7 Å². The summed E-state index contributed by atoms with van der Waals surface area (Å²) in [4.78, 5) is 16.9. The molecule has 0 fully saturated rings. The summed E-state index contributed by atoms with van der Waals surface area (Å²) in [5.74, 6) is -0.779. The van der Waals surface area contributed by atoms with Gasteiger partial charge in [0.15, 0.2) is 0 Å². The first kappa shape index (κ1) is 12.1. The van der Waals surface area contributed by atoms with Crippen molar-refractivity contribution in [3.8, 4) is 11.4 Å². The molecule has 0 saturated carbocycles. The molecular weight excluding hydrogens is 234 g/mol. The van der Waals surface area contributed by atoms with E-state index < -0.39 is 5.97 Å². The minimum atomic E-state index is -0.636. The molecule has 1 aromatic heterocycles. The van der Waals surface area contributed by atoms with Crippen LogP contribution in [0.4, 0.5) is 0 Å². The predicted octanol–water partition coefficient (Wildman–Crippen LogP) is 1.21. The van der Waals surface area contributed by atoms with Gasteiger partial charge in [-0.25, -0.2) is 9.48 Å². The molecule has 0 aliphatic heterocycles. The number of hydrogen-bond donors (Lipinski definition) is 1. The highest BCUT2D eigenvalue weighted by molar-refractivity contribution is 5.96. The van der Waals surface area contributed by atoms with Crippen LogP contribution in [0.1, 0.15) is 10.4 Å². The van der Waals surface area contributed by atoms with Gasteiger partial charge in [-0.1, -0.05) is 6.07 Å². The van der Waals surface area contributed by atoms with Crippen LogP contribution in [0, 0.1) is 0 Å². The Morgan fingerprint density at radius 3 is 2.78 bits per heavy atom. The fourth-order valence-electron chi connectivity index (χ4n) is 1.55. The molecule has 18 heavy (non-hydrogen) atoms. The quantitative estimate of drug-likeness (QED) is 0.826. The minimum absolute atomic E-state index is 0.0786. The largest absolute Gasteiger partial charge is 0.507 e. The van der Waals surface area contributed by atoms with Gasteiger partial charge in [0.1, 0.15) is 11.3 Å². The molecule has 6 nitrogen and oxygen atoms in total. The maximum absolute atomic E-state index is 11.9. The Kier molecular flexibility index (Phi) is 3.29. The molecule has 94 valence electrons. The van der Waals surface area contributed by atoms with Crippen molar-refractivity contribution in [2.75, 3.05) is 14.1 Å². The minimum Gasteiger partial charge on any atom is -0.507 e. The molecule has 0 unspecified atom stereocenters. The van der Waals surface area contributed by atoms with E-state index in [2.05, 4.69) is 5.10 Å². The average Bonchev–Trinajstić information content (AvgIpc) is 2.80. The number of carbonyl (C=O) groups is 1. The molecule has 0 aliphatic rings. The molecule has 0 aliphatic carbocycles. The number of benzene rings is 1. The molecule has 1 N–H and O–H groups in total. The van der Waals surface area contributed by atoms with E-state index in [-0.39, 0.29) is 11.3 Å². The number of phenolic OH excluding ortho intramolecular Hbond substituents is 1. The fraction of sp³-hybridized carbons (Fsp3) is 0.167. The standard InChI is InChI=1S/C12H13N3O3/c1-14(2)18-12(17)11-9(5-3-6-10(11)16)15-8-4-7-13-15/h3-8,16H,1-2H3. The average molecular weight is 247 g/mol. The van der Waals surface area contributed by atoms with Crippen LogP contribution in [0.15, 0.2) is 36.7 Å². The molecular formula is C12H13N3O3. The fourth-order valence-corrected chi connectivity index (χ4v) is 1.55. The molecule has 0 bridgehead atoms. The number of carbonyl (C=O) groups excluding carboxylic acids is 1. The van der Waals surface area contributed by atoms with Crippen LogP contribution in [0.3, 0.4) is 0 Å². The smallest absolute Gasteiger partial charge is 0.363 e. The molecule has 0 atom stereocenters. The first-order valence-corrected chi connectivity index (χ1v) is 5.31. The van der Waals surface area contributed by atoms with Crippen LogP contribution >= 0.6 is 0 Å². The molecule has 0 radical (unpaired) electrons. The third-order valence-electron chi connectivity index (χ3n) is 2.24. The van der Waals surface area contributed by atoms with Gasteiger partial charge in [0.05, 0.1) is 5.69 Å². The molecule has 1 aromatic carbocycles. The van der Waals surface area contributed by atoms with Gasteiger partial charge in [0.2, 0.25) is 0 Å². The highest BCUT2D eigenvalue weighted by Gasteiger charge is 2.20. The van der Waals surface area contributed by atoms with Gasteiger partial charge >= 0.3 is 5.97 Å². The van der Waals surface area contributed by atoms with Crippen LogP contribution in [-0.4, -0.2) is 40.0 Å². The van der Waals surface area contributed by atoms with Crippen molar-refractivity contribution in [1.82, 2.24) is 14.8 Å². The lowest BCUT2D eigenvalue weighted by Crippen LogP contribution is -2.20. The number of aromatic hydroxyl groups is 1. The van der Waals surface area contributed by atoms with Crippen molar-refractivity contribution in [2.24, 2.45) is 0 Å². The molecule has 2 aromatic rings. The zero-order valence-electron chi connectivity index (χ0n) is 10.1. The zero-order chi connectivity index (χ0) is 13.1. The van der Waals surface area contributed by atoms with Crippen molar-refractivity contribution >= 4 is 5.97 Å². The van der Waals surface area contributed by atoms with Crippen molar-refractivity contribution in [2.45, 2.75) is 0 Å². The highest BCUT2D eigenvalue weighted by atomic mass is 16.7. The molecule has 1 heterocycles. The lowest BCUT2D eigenvalue weighted by Gasteiger charge is -2.13. The molecule has 2 rings (SSSR count). The summed E-state index contributed by atoms with van der Waals surface area (Å²) < 4.78 is 1.49. The second kappa shape index (κ2) is 4.89. The third-order valence-corrected chi connectivity index (χ3v) is 2.24. The number of phenols is 1. The maximum Gasteiger partial charge on any atom is 0.363 e. The summed E-state index contributed by atoms with van der Waals surface area (Å²) in [5.41, 5.74) is 0.543. The van der Waals surface area contributed by atoms with Crippen LogP contribution in [0.5, 0.6) is 5.75 Å². The Bertz CT molecular complexity index is 550. The van der Waals surface area contributed by atoms with E-state index in [0.717, 1.165) is 0 Å². The summed E-state index contributed by atoms with van der Waals surface area (Å²) in [6.45, 7) is 0. The number of aromatic nitrogens is 2. The number of nitrogens with zero attached hydrogens (tertiary/aromatic N) is 3. The van der Waals surface area contributed by atoms with Crippen LogP contribution in [-0.2, 0) is 4.84 Å². The van der Waals surface area contributed by atoms with E-state index in [4.69, 9.17) is 4.84 Å². The van der Waals surface area contributed by atoms with Gasteiger partial charge in [-0.05, 0) is 18.2 Å². The Balaban J connectivity index is 2.48.